The summed E-state index contributed by atoms with van der Waals surface area (Å²) in [5, 5.41) is 3.36. The van der Waals surface area contributed by atoms with Crippen LogP contribution in [0.25, 0.3) is 11.3 Å². The van der Waals surface area contributed by atoms with Crippen LogP contribution in [-0.4, -0.2) is 16.5 Å². The lowest BCUT2D eigenvalue weighted by Crippen LogP contribution is -2.05. The molecule has 3 heteroatoms. The van der Waals surface area contributed by atoms with Crippen LogP contribution in [0.15, 0.2) is 30.3 Å². The Kier molecular flexibility index (Phi) is 5.32. The molecular weight excluding hydrogens is 258 g/mol. The van der Waals surface area contributed by atoms with Gasteiger partial charge in [-0.3, -0.25) is 0 Å². The lowest BCUT2D eigenvalue weighted by Gasteiger charge is -2.10. The standard InChI is InChI=1S/C18H25N3/c1-5-11-19-18-12-16(20-17(6-2)21-18)15-9-7-14(8-10-15)13(3)4/h7-10,12-13H,5-6,11H2,1-4H3,(H,19,20,21). The number of rotatable bonds is 6. The van der Waals surface area contributed by atoms with E-state index < -0.39 is 0 Å². The van der Waals surface area contributed by atoms with Crippen LogP contribution < -0.4 is 5.32 Å². The lowest BCUT2D eigenvalue weighted by atomic mass is 10.0. The summed E-state index contributed by atoms with van der Waals surface area (Å²) >= 11 is 0. The largest absolute Gasteiger partial charge is 0.370 e. The van der Waals surface area contributed by atoms with Gasteiger partial charge in [-0.2, -0.15) is 0 Å². The first kappa shape index (κ1) is 15.5. The zero-order valence-corrected chi connectivity index (χ0v) is 13.5. The van der Waals surface area contributed by atoms with E-state index in [9.17, 15) is 0 Å². The zero-order valence-electron chi connectivity index (χ0n) is 13.5. The molecule has 0 atom stereocenters. The van der Waals surface area contributed by atoms with Crippen LogP contribution in [0, 0.1) is 0 Å². The second kappa shape index (κ2) is 7.21. The molecule has 1 heterocycles. The normalized spacial score (nSPS) is 10.9. The summed E-state index contributed by atoms with van der Waals surface area (Å²) in [5.74, 6) is 2.36. The van der Waals surface area contributed by atoms with E-state index in [0.29, 0.717) is 5.92 Å². The molecule has 0 aliphatic carbocycles. The molecule has 0 spiro atoms. The highest BCUT2D eigenvalue weighted by molar-refractivity contribution is 5.63. The van der Waals surface area contributed by atoms with Crippen molar-refractivity contribution in [1.82, 2.24) is 9.97 Å². The number of nitrogens with zero attached hydrogens (tertiary/aromatic N) is 2. The Morgan fingerprint density at radius 3 is 2.33 bits per heavy atom. The minimum absolute atomic E-state index is 0.553. The fraction of sp³-hybridized carbons (Fsp3) is 0.444. The molecule has 0 radical (unpaired) electrons. The molecule has 1 aromatic carbocycles. The van der Waals surface area contributed by atoms with Gasteiger partial charge in [-0.25, -0.2) is 9.97 Å². The van der Waals surface area contributed by atoms with E-state index in [2.05, 4.69) is 67.2 Å². The second-order valence-corrected chi connectivity index (χ2v) is 5.61. The molecule has 21 heavy (non-hydrogen) atoms. The minimum Gasteiger partial charge on any atom is -0.370 e. The Hall–Kier alpha value is -1.90. The molecule has 0 amide bonds. The number of aryl methyl sites for hydroxylation is 1. The highest BCUT2D eigenvalue weighted by Crippen LogP contribution is 2.23. The Balaban J connectivity index is 2.32. The average molecular weight is 283 g/mol. The molecule has 2 aromatic rings. The predicted octanol–water partition coefficient (Wildman–Crippen LogP) is 4.65. The van der Waals surface area contributed by atoms with Crippen molar-refractivity contribution in [2.75, 3.05) is 11.9 Å². The summed E-state index contributed by atoms with van der Waals surface area (Å²) in [4.78, 5) is 9.19. The molecule has 0 fully saturated rings. The molecule has 0 saturated carbocycles. The van der Waals surface area contributed by atoms with Crippen molar-refractivity contribution in [3.05, 3.63) is 41.7 Å². The summed E-state index contributed by atoms with van der Waals surface area (Å²) in [7, 11) is 0. The highest BCUT2D eigenvalue weighted by atomic mass is 15.0. The number of nitrogens with one attached hydrogen (secondary N) is 1. The monoisotopic (exact) mass is 283 g/mol. The van der Waals surface area contributed by atoms with Crippen molar-refractivity contribution in [1.29, 1.82) is 0 Å². The van der Waals surface area contributed by atoms with Gasteiger partial charge >= 0.3 is 0 Å². The maximum Gasteiger partial charge on any atom is 0.131 e. The van der Waals surface area contributed by atoms with Gasteiger partial charge in [0, 0.05) is 24.6 Å². The molecule has 3 nitrogen and oxygen atoms in total. The number of aromatic nitrogens is 2. The Bertz CT molecular complexity index is 574. The van der Waals surface area contributed by atoms with E-state index in [-0.39, 0.29) is 0 Å². The number of hydrogen-bond acceptors (Lipinski definition) is 3. The second-order valence-electron chi connectivity index (χ2n) is 5.61. The van der Waals surface area contributed by atoms with Gasteiger partial charge in [0.05, 0.1) is 5.69 Å². The van der Waals surface area contributed by atoms with Crippen molar-refractivity contribution in [3.8, 4) is 11.3 Å². The van der Waals surface area contributed by atoms with Crippen molar-refractivity contribution in [2.24, 2.45) is 0 Å². The summed E-state index contributed by atoms with van der Waals surface area (Å²) in [5.41, 5.74) is 3.50. The van der Waals surface area contributed by atoms with Crippen LogP contribution in [0.2, 0.25) is 0 Å². The predicted molar refractivity (Wildman–Crippen MR) is 89.7 cm³/mol. The van der Waals surface area contributed by atoms with Crippen molar-refractivity contribution in [2.45, 2.75) is 46.5 Å². The minimum atomic E-state index is 0.553. The van der Waals surface area contributed by atoms with Gasteiger partial charge in [-0.05, 0) is 17.9 Å². The van der Waals surface area contributed by atoms with Gasteiger partial charge in [0.25, 0.3) is 0 Å². The van der Waals surface area contributed by atoms with E-state index in [1.54, 1.807) is 0 Å². The molecule has 112 valence electrons. The summed E-state index contributed by atoms with van der Waals surface area (Å²) in [6.07, 6.45) is 1.93. The topological polar surface area (TPSA) is 37.8 Å². The van der Waals surface area contributed by atoms with Gasteiger partial charge < -0.3 is 5.32 Å². The van der Waals surface area contributed by atoms with Crippen LogP contribution >= 0.6 is 0 Å². The highest BCUT2D eigenvalue weighted by Gasteiger charge is 2.06. The van der Waals surface area contributed by atoms with E-state index in [1.165, 1.54) is 5.56 Å². The summed E-state index contributed by atoms with van der Waals surface area (Å²) in [6.45, 7) is 9.60. The van der Waals surface area contributed by atoms with Crippen molar-refractivity contribution in [3.63, 3.8) is 0 Å². The van der Waals surface area contributed by atoms with Gasteiger partial charge in [0.1, 0.15) is 11.6 Å². The number of anilines is 1. The smallest absolute Gasteiger partial charge is 0.131 e. The molecule has 1 aromatic heterocycles. The van der Waals surface area contributed by atoms with E-state index in [1.807, 2.05) is 6.07 Å². The van der Waals surface area contributed by atoms with E-state index in [4.69, 9.17) is 0 Å². The first-order valence-electron chi connectivity index (χ1n) is 7.86. The van der Waals surface area contributed by atoms with E-state index >= 15 is 0 Å². The molecule has 1 N–H and O–H groups in total. The molecule has 0 aliphatic rings. The Morgan fingerprint density at radius 2 is 1.76 bits per heavy atom. The third kappa shape index (κ3) is 4.03. The van der Waals surface area contributed by atoms with Gasteiger partial charge in [-0.15, -0.1) is 0 Å². The van der Waals surface area contributed by atoms with Gasteiger partial charge in [-0.1, -0.05) is 52.0 Å². The molecule has 0 aliphatic heterocycles. The molecule has 2 rings (SSSR count). The molecular formula is C18H25N3. The molecule has 0 bridgehead atoms. The number of hydrogen-bond donors (Lipinski definition) is 1. The van der Waals surface area contributed by atoms with E-state index in [0.717, 1.165) is 42.3 Å². The third-order valence-electron chi connectivity index (χ3n) is 3.52. The van der Waals surface area contributed by atoms with Crippen molar-refractivity contribution < 1.29 is 0 Å². The first-order valence-corrected chi connectivity index (χ1v) is 7.86. The maximum absolute atomic E-state index is 4.65. The van der Waals surface area contributed by atoms with Crippen LogP contribution in [0.1, 0.15) is 51.4 Å². The fourth-order valence-corrected chi connectivity index (χ4v) is 2.19. The Labute approximate surface area is 127 Å². The maximum atomic E-state index is 4.65. The zero-order chi connectivity index (χ0) is 15.2. The number of benzene rings is 1. The SMILES string of the molecule is CCCNc1cc(-c2ccc(C(C)C)cc2)nc(CC)n1. The average Bonchev–Trinajstić information content (AvgIpc) is 2.52. The first-order chi connectivity index (χ1) is 10.1. The van der Waals surface area contributed by atoms with Gasteiger partial charge in [0.15, 0.2) is 0 Å². The Morgan fingerprint density at radius 1 is 1.05 bits per heavy atom. The molecule has 0 saturated heterocycles. The summed E-state index contributed by atoms with van der Waals surface area (Å²) < 4.78 is 0. The van der Waals surface area contributed by atoms with Crippen molar-refractivity contribution >= 4 is 5.82 Å². The summed E-state index contributed by atoms with van der Waals surface area (Å²) in [6, 6.07) is 10.7. The molecule has 0 unspecified atom stereocenters. The van der Waals surface area contributed by atoms with Crippen LogP contribution in [0.3, 0.4) is 0 Å². The lowest BCUT2D eigenvalue weighted by molar-refractivity contribution is 0.866. The van der Waals surface area contributed by atoms with Crippen LogP contribution in [0.4, 0.5) is 5.82 Å². The fourth-order valence-electron chi connectivity index (χ4n) is 2.19. The quantitative estimate of drug-likeness (QED) is 0.838. The van der Waals surface area contributed by atoms with Gasteiger partial charge in [0.2, 0.25) is 0 Å². The van der Waals surface area contributed by atoms with Crippen LogP contribution in [-0.2, 0) is 6.42 Å². The van der Waals surface area contributed by atoms with Crippen LogP contribution in [0.5, 0.6) is 0 Å². The third-order valence-corrected chi connectivity index (χ3v) is 3.52.